The number of benzene rings is 2. The van der Waals surface area contributed by atoms with Crippen LogP contribution >= 0.6 is 0 Å². The molecule has 25 heavy (non-hydrogen) atoms. The molecule has 0 aliphatic carbocycles. The second-order valence-corrected chi connectivity index (χ2v) is 6.04. The number of carbonyl (C=O) groups excluding carboxylic acids is 1. The Morgan fingerprint density at radius 3 is 2.56 bits per heavy atom. The summed E-state index contributed by atoms with van der Waals surface area (Å²) in [7, 11) is 0. The Hall–Kier alpha value is -2.72. The monoisotopic (exact) mass is 334 g/mol. The number of nitrogens with zero attached hydrogens (tertiary/aromatic N) is 1. The number of rotatable bonds is 6. The Morgan fingerprint density at radius 2 is 1.80 bits per heavy atom. The van der Waals surface area contributed by atoms with E-state index in [2.05, 4.69) is 23.5 Å². The Labute approximate surface area is 147 Å². The fourth-order valence-electron chi connectivity index (χ4n) is 3.05. The largest absolute Gasteiger partial charge is 0.396 e. The van der Waals surface area contributed by atoms with Crippen molar-refractivity contribution in [2.45, 2.75) is 19.8 Å². The highest BCUT2D eigenvalue weighted by Crippen LogP contribution is 2.33. The second kappa shape index (κ2) is 7.90. The number of nitrogens with one attached hydrogen (secondary N) is 1. The van der Waals surface area contributed by atoms with Crippen LogP contribution in [0.3, 0.4) is 0 Å². The zero-order chi connectivity index (χ0) is 17.6. The van der Waals surface area contributed by atoms with Gasteiger partial charge in [-0.2, -0.15) is 0 Å². The van der Waals surface area contributed by atoms with Crippen molar-refractivity contribution in [3.05, 3.63) is 65.9 Å². The lowest BCUT2D eigenvalue weighted by Crippen LogP contribution is -2.27. The van der Waals surface area contributed by atoms with Gasteiger partial charge in [0.2, 0.25) is 5.91 Å². The van der Waals surface area contributed by atoms with Crippen LogP contribution < -0.4 is 5.32 Å². The maximum atomic E-state index is 12.3. The molecule has 2 aromatic carbocycles. The van der Waals surface area contributed by atoms with Crippen molar-refractivity contribution in [2.75, 3.05) is 13.2 Å². The van der Waals surface area contributed by atoms with Gasteiger partial charge >= 0.3 is 0 Å². The molecule has 0 aliphatic rings. The van der Waals surface area contributed by atoms with Gasteiger partial charge in [0.1, 0.15) is 0 Å². The highest BCUT2D eigenvalue weighted by molar-refractivity contribution is 5.98. The van der Waals surface area contributed by atoms with Crippen LogP contribution in [0, 0.1) is 6.92 Å². The maximum absolute atomic E-state index is 12.3. The molecule has 0 spiro atoms. The van der Waals surface area contributed by atoms with Crippen LogP contribution in [-0.4, -0.2) is 29.1 Å². The van der Waals surface area contributed by atoms with Crippen molar-refractivity contribution < 1.29 is 9.90 Å². The number of amides is 1. The van der Waals surface area contributed by atoms with Crippen LogP contribution in [0.1, 0.15) is 17.7 Å². The Bertz CT molecular complexity index is 876. The molecule has 0 saturated heterocycles. The summed E-state index contributed by atoms with van der Waals surface area (Å²) in [5, 5.41) is 12.8. The first-order chi connectivity index (χ1) is 12.2. The molecule has 1 amide bonds. The molecule has 0 fully saturated rings. The first-order valence-corrected chi connectivity index (χ1v) is 8.52. The molecular formula is C21H22N2O2. The van der Waals surface area contributed by atoms with Gasteiger partial charge in [0.25, 0.3) is 0 Å². The van der Waals surface area contributed by atoms with Crippen molar-refractivity contribution in [3.8, 4) is 11.1 Å². The standard InChI is InChI=1S/C21H22N2O2/c1-15-18(14-20(25)22-12-7-13-24)21(16-8-3-2-4-9-16)17-10-5-6-11-19(17)23-15/h2-6,8-11,24H,7,12-14H2,1H3,(H,22,25). The van der Waals surface area contributed by atoms with E-state index in [-0.39, 0.29) is 18.9 Å². The Balaban J connectivity index is 2.07. The molecule has 0 atom stereocenters. The van der Waals surface area contributed by atoms with Crippen LogP contribution in [0.4, 0.5) is 0 Å². The van der Waals surface area contributed by atoms with E-state index in [1.165, 1.54) is 0 Å². The van der Waals surface area contributed by atoms with Gasteiger partial charge in [0.15, 0.2) is 0 Å². The predicted molar refractivity (Wildman–Crippen MR) is 100 cm³/mol. The van der Waals surface area contributed by atoms with Gasteiger partial charge in [-0.3, -0.25) is 9.78 Å². The molecule has 2 N–H and O–H groups in total. The number of aromatic nitrogens is 1. The first kappa shape index (κ1) is 17.1. The normalized spacial score (nSPS) is 10.8. The second-order valence-electron chi connectivity index (χ2n) is 6.04. The number of pyridine rings is 1. The molecule has 3 rings (SSSR count). The summed E-state index contributed by atoms with van der Waals surface area (Å²) in [4.78, 5) is 17.0. The third-order valence-electron chi connectivity index (χ3n) is 4.26. The van der Waals surface area contributed by atoms with Gasteiger partial charge < -0.3 is 10.4 Å². The number of fused-ring (bicyclic) bond motifs is 1. The highest BCUT2D eigenvalue weighted by atomic mass is 16.3. The molecule has 3 aromatic rings. The Kier molecular flexibility index (Phi) is 5.41. The number of aliphatic hydroxyl groups is 1. The van der Waals surface area contributed by atoms with Crippen LogP contribution in [0.15, 0.2) is 54.6 Å². The number of hydrogen-bond acceptors (Lipinski definition) is 3. The zero-order valence-corrected chi connectivity index (χ0v) is 14.3. The molecule has 0 saturated carbocycles. The van der Waals surface area contributed by atoms with Gasteiger partial charge in [0.05, 0.1) is 11.9 Å². The summed E-state index contributed by atoms with van der Waals surface area (Å²) in [6, 6.07) is 18.2. The lowest BCUT2D eigenvalue weighted by Gasteiger charge is -2.16. The molecule has 1 heterocycles. The minimum atomic E-state index is -0.0502. The summed E-state index contributed by atoms with van der Waals surface area (Å²) >= 11 is 0. The molecule has 0 unspecified atom stereocenters. The van der Waals surface area contributed by atoms with E-state index in [0.29, 0.717) is 13.0 Å². The maximum Gasteiger partial charge on any atom is 0.224 e. The van der Waals surface area contributed by atoms with E-state index in [0.717, 1.165) is 33.3 Å². The fraction of sp³-hybridized carbons (Fsp3) is 0.238. The minimum Gasteiger partial charge on any atom is -0.396 e. The number of aliphatic hydroxyl groups excluding tert-OH is 1. The van der Waals surface area contributed by atoms with Crippen LogP contribution in [0.25, 0.3) is 22.0 Å². The molecule has 1 aromatic heterocycles. The van der Waals surface area contributed by atoms with Crippen molar-refractivity contribution in [1.29, 1.82) is 0 Å². The zero-order valence-electron chi connectivity index (χ0n) is 14.3. The number of para-hydroxylation sites is 1. The molecular weight excluding hydrogens is 312 g/mol. The molecule has 0 radical (unpaired) electrons. The van der Waals surface area contributed by atoms with Crippen molar-refractivity contribution in [1.82, 2.24) is 10.3 Å². The SMILES string of the molecule is Cc1nc2ccccc2c(-c2ccccc2)c1CC(=O)NCCCO. The molecule has 0 aliphatic heterocycles. The average molecular weight is 334 g/mol. The summed E-state index contributed by atoms with van der Waals surface area (Å²) in [6.45, 7) is 2.51. The smallest absolute Gasteiger partial charge is 0.224 e. The predicted octanol–water partition coefficient (Wildman–Crippen LogP) is 3.25. The highest BCUT2D eigenvalue weighted by Gasteiger charge is 2.16. The van der Waals surface area contributed by atoms with E-state index < -0.39 is 0 Å². The van der Waals surface area contributed by atoms with Gasteiger partial charge in [-0.05, 0) is 36.1 Å². The molecule has 4 heteroatoms. The molecule has 4 nitrogen and oxygen atoms in total. The quantitative estimate of drug-likeness (QED) is 0.680. The van der Waals surface area contributed by atoms with Crippen molar-refractivity contribution in [2.24, 2.45) is 0 Å². The molecule has 0 bridgehead atoms. The first-order valence-electron chi connectivity index (χ1n) is 8.52. The van der Waals surface area contributed by atoms with Gasteiger partial charge in [-0.25, -0.2) is 0 Å². The van der Waals surface area contributed by atoms with E-state index in [1.54, 1.807) is 0 Å². The number of aryl methyl sites for hydroxylation is 1. The number of carbonyl (C=O) groups is 1. The third-order valence-corrected chi connectivity index (χ3v) is 4.26. The van der Waals surface area contributed by atoms with Crippen LogP contribution in [0.2, 0.25) is 0 Å². The minimum absolute atomic E-state index is 0.0502. The van der Waals surface area contributed by atoms with Crippen LogP contribution in [-0.2, 0) is 11.2 Å². The van der Waals surface area contributed by atoms with E-state index >= 15 is 0 Å². The summed E-state index contributed by atoms with van der Waals surface area (Å²) in [5.41, 5.74) is 4.91. The summed E-state index contributed by atoms with van der Waals surface area (Å²) in [5.74, 6) is -0.0502. The Morgan fingerprint density at radius 1 is 1.08 bits per heavy atom. The topological polar surface area (TPSA) is 62.2 Å². The van der Waals surface area contributed by atoms with Crippen LogP contribution in [0.5, 0.6) is 0 Å². The van der Waals surface area contributed by atoms with Crippen molar-refractivity contribution >= 4 is 16.8 Å². The summed E-state index contributed by atoms with van der Waals surface area (Å²) in [6.07, 6.45) is 0.839. The average Bonchev–Trinajstić information content (AvgIpc) is 2.63. The van der Waals surface area contributed by atoms with Gasteiger partial charge in [-0.1, -0.05) is 48.5 Å². The number of hydrogen-bond donors (Lipinski definition) is 2. The van der Waals surface area contributed by atoms with E-state index in [9.17, 15) is 4.79 Å². The van der Waals surface area contributed by atoms with E-state index in [1.807, 2.05) is 43.3 Å². The van der Waals surface area contributed by atoms with Gasteiger partial charge in [-0.15, -0.1) is 0 Å². The lowest BCUT2D eigenvalue weighted by atomic mass is 9.92. The molecule has 128 valence electrons. The third kappa shape index (κ3) is 3.86. The lowest BCUT2D eigenvalue weighted by molar-refractivity contribution is -0.120. The summed E-state index contributed by atoms with van der Waals surface area (Å²) < 4.78 is 0. The fourth-order valence-corrected chi connectivity index (χ4v) is 3.05. The van der Waals surface area contributed by atoms with E-state index in [4.69, 9.17) is 10.1 Å². The van der Waals surface area contributed by atoms with Gasteiger partial charge in [0, 0.05) is 24.2 Å². The van der Waals surface area contributed by atoms with Crippen molar-refractivity contribution in [3.63, 3.8) is 0 Å².